The summed E-state index contributed by atoms with van der Waals surface area (Å²) in [6.45, 7) is 5.37. The highest BCUT2D eigenvalue weighted by atomic mass is 16.4. The highest BCUT2D eigenvalue weighted by molar-refractivity contribution is 5.93. The molecule has 0 bridgehead atoms. The number of carboxylic acid groups (broad SMARTS) is 1. The van der Waals surface area contributed by atoms with Crippen molar-refractivity contribution < 1.29 is 29.4 Å². The number of phenolic OH excluding ortho intramolecular Hbond substituents is 1. The number of benzene rings is 1. The van der Waals surface area contributed by atoms with E-state index in [1.165, 1.54) is 19.1 Å². The number of aliphatic carboxylic acids is 1. The molecular weight excluding hydrogens is 404 g/mol. The van der Waals surface area contributed by atoms with Gasteiger partial charge in [-0.1, -0.05) is 26.0 Å². The second kappa shape index (κ2) is 12.5. The number of amides is 3. The third-order valence-electron chi connectivity index (χ3n) is 4.47. The largest absolute Gasteiger partial charge is 0.508 e. The van der Waals surface area contributed by atoms with Gasteiger partial charge in [-0.2, -0.15) is 0 Å². The van der Waals surface area contributed by atoms with E-state index in [9.17, 15) is 29.4 Å². The summed E-state index contributed by atoms with van der Waals surface area (Å²) in [5.74, 6) is -2.64. The number of carboxylic acids is 1. The lowest BCUT2D eigenvalue weighted by molar-refractivity contribution is -0.142. The van der Waals surface area contributed by atoms with Gasteiger partial charge in [0.25, 0.3) is 0 Å². The maximum Gasteiger partial charge on any atom is 0.326 e. The molecule has 1 rings (SSSR count). The Bertz CT molecular complexity index is 766. The van der Waals surface area contributed by atoms with E-state index in [0.29, 0.717) is 12.0 Å². The summed E-state index contributed by atoms with van der Waals surface area (Å²) in [6.07, 6.45) is 0.456. The highest BCUT2D eigenvalue weighted by Crippen LogP contribution is 2.12. The Morgan fingerprint density at radius 3 is 2.06 bits per heavy atom. The first-order chi connectivity index (χ1) is 14.5. The van der Waals surface area contributed by atoms with Gasteiger partial charge in [-0.15, -0.1) is 0 Å². The fraction of sp³-hybridized carbons (Fsp3) is 0.524. The molecule has 0 aromatic heterocycles. The molecule has 10 heteroatoms. The van der Waals surface area contributed by atoms with E-state index in [1.807, 2.05) is 13.8 Å². The molecule has 0 radical (unpaired) electrons. The Morgan fingerprint density at radius 2 is 1.55 bits per heavy atom. The van der Waals surface area contributed by atoms with Crippen molar-refractivity contribution in [2.24, 2.45) is 11.7 Å². The summed E-state index contributed by atoms with van der Waals surface area (Å²) in [5, 5.41) is 26.3. The minimum absolute atomic E-state index is 0.00708. The van der Waals surface area contributed by atoms with Gasteiger partial charge in [0, 0.05) is 19.4 Å². The van der Waals surface area contributed by atoms with E-state index >= 15 is 0 Å². The van der Waals surface area contributed by atoms with E-state index in [1.54, 1.807) is 12.1 Å². The van der Waals surface area contributed by atoms with Crippen molar-refractivity contribution in [1.29, 1.82) is 0 Å². The van der Waals surface area contributed by atoms with Crippen molar-refractivity contribution >= 4 is 23.7 Å². The standard InChI is InChI=1S/C21H32N4O6/c1-12(2)10-16(24-18(27)8-9-22)20(29)23-13(3)19(28)25-17(21(30)31)11-14-4-6-15(26)7-5-14/h4-7,12-13,16-17,26H,8-11,22H2,1-3H3,(H,23,29)(H,24,27)(H,25,28)(H,30,31)/t13-,16-,17-/m0/s1. The molecule has 0 fully saturated rings. The lowest BCUT2D eigenvalue weighted by Crippen LogP contribution is -2.55. The summed E-state index contributed by atoms with van der Waals surface area (Å²) >= 11 is 0. The molecular formula is C21H32N4O6. The molecule has 0 spiro atoms. The molecule has 0 heterocycles. The summed E-state index contributed by atoms with van der Waals surface area (Å²) in [6, 6.07) is 2.90. The van der Waals surface area contributed by atoms with Crippen molar-refractivity contribution in [3.8, 4) is 5.75 Å². The average Bonchev–Trinajstić information content (AvgIpc) is 2.68. The van der Waals surface area contributed by atoms with Crippen LogP contribution >= 0.6 is 0 Å². The first-order valence-electron chi connectivity index (χ1n) is 10.1. The fourth-order valence-electron chi connectivity index (χ4n) is 2.84. The maximum atomic E-state index is 12.6. The maximum absolute atomic E-state index is 12.6. The Kier molecular flexibility index (Phi) is 10.5. The molecule has 3 amide bonds. The number of hydrogen-bond acceptors (Lipinski definition) is 6. The van der Waals surface area contributed by atoms with Gasteiger partial charge in [0.15, 0.2) is 0 Å². The molecule has 0 aliphatic rings. The van der Waals surface area contributed by atoms with Crippen LogP contribution in [0.15, 0.2) is 24.3 Å². The van der Waals surface area contributed by atoms with Gasteiger partial charge in [-0.3, -0.25) is 14.4 Å². The minimum atomic E-state index is -1.23. The molecule has 0 aliphatic heterocycles. The monoisotopic (exact) mass is 436 g/mol. The first-order valence-corrected chi connectivity index (χ1v) is 10.1. The van der Waals surface area contributed by atoms with Crippen LogP contribution in [0, 0.1) is 5.92 Å². The molecule has 0 aliphatic carbocycles. The predicted octanol–water partition coefficient (Wildman–Crippen LogP) is -0.111. The van der Waals surface area contributed by atoms with Crippen LogP contribution in [-0.4, -0.2) is 58.6 Å². The second-order valence-electron chi connectivity index (χ2n) is 7.79. The zero-order valence-electron chi connectivity index (χ0n) is 18.1. The third-order valence-corrected chi connectivity index (χ3v) is 4.47. The number of nitrogens with one attached hydrogen (secondary N) is 3. The topological polar surface area (TPSA) is 171 Å². The molecule has 0 unspecified atom stereocenters. The molecule has 1 aromatic rings. The Balaban J connectivity index is 2.74. The highest BCUT2D eigenvalue weighted by Gasteiger charge is 2.27. The zero-order chi connectivity index (χ0) is 23.6. The molecule has 3 atom stereocenters. The van der Waals surface area contributed by atoms with Crippen molar-refractivity contribution in [2.75, 3.05) is 6.54 Å². The normalized spacial score (nSPS) is 13.7. The molecule has 0 saturated carbocycles. The minimum Gasteiger partial charge on any atom is -0.508 e. The Labute approximate surface area is 181 Å². The van der Waals surface area contributed by atoms with Gasteiger partial charge in [0.1, 0.15) is 23.9 Å². The summed E-state index contributed by atoms with van der Waals surface area (Å²) < 4.78 is 0. The summed E-state index contributed by atoms with van der Waals surface area (Å²) in [4.78, 5) is 48.5. The lowest BCUT2D eigenvalue weighted by Gasteiger charge is -2.23. The van der Waals surface area contributed by atoms with Gasteiger partial charge in [0.05, 0.1) is 0 Å². The van der Waals surface area contributed by atoms with Crippen molar-refractivity contribution in [1.82, 2.24) is 16.0 Å². The third kappa shape index (κ3) is 9.47. The predicted molar refractivity (Wildman–Crippen MR) is 114 cm³/mol. The van der Waals surface area contributed by atoms with Crippen LogP contribution in [0.5, 0.6) is 5.75 Å². The van der Waals surface area contributed by atoms with Crippen molar-refractivity contribution in [3.63, 3.8) is 0 Å². The Morgan fingerprint density at radius 1 is 0.935 bits per heavy atom. The van der Waals surface area contributed by atoms with Crippen molar-refractivity contribution in [3.05, 3.63) is 29.8 Å². The number of nitrogens with two attached hydrogens (primary N) is 1. The van der Waals surface area contributed by atoms with Crippen LogP contribution in [0.3, 0.4) is 0 Å². The fourth-order valence-corrected chi connectivity index (χ4v) is 2.84. The van der Waals surface area contributed by atoms with Crippen molar-refractivity contribution in [2.45, 2.75) is 58.2 Å². The number of rotatable bonds is 12. The van der Waals surface area contributed by atoms with Crippen LogP contribution in [0.2, 0.25) is 0 Å². The van der Waals surface area contributed by atoms with Crippen LogP contribution < -0.4 is 21.7 Å². The number of hydrogen-bond donors (Lipinski definition) is 6. The summed E-state index contributed by atoms with van der Waals surface area (Å²) in [5.41, 5.74) is 5.97. The van der Waals surface area contributed by atoms with Crippen LogP contribution in [0.1, 0.15) is 39.2 Å². The molecule has 172 valence electrons. The Hall–Kier alpha value is -3.14. The van der Waals surface area contributed by atoms with Crippen LogP contribution in [0.25, 0.3) is 0 Å². The van der Waals surface area contributed by atoms with Crippen LogP contribution in [-0.2, 0) is 25.6 Å². The SMILES string of the molecule is CC(C)C[C@H](NC(=O)CCN)C(=O)N[C@@H](C)C(=O)N[C@@H](Cc1ccc(O)cc1)C(=O)O. The van der Waals surface area contributed by atoms with Gasteiger partial charge in [-0.05, 0) is 37.0 Å². The van der Waals surface area contributed by atoms with Gasteiger partial charge in [0.2, 0.25) is 17.7 Å². The number of aromatic hydroxyl groups is 1. The number of phenols is 1. The van der Waals surface area contributed by atoms with E-state index in [2.05, 4.69) is 16.0 Å². The molecule has 31 heavy (non-hydrogen) atoms. The van der Waals surface area contributed by atoms with Gasteiger partial charge in [-0.25, -0.2) is 4.79 Å². The number of carbonyl (C=O) groups is 4. The van der Waals surface area contributed by atoms with E-state index in [4.69, 9.17) is 5.73 Å². The second-order valence-corrected chi connectivity index (χ2v) is 7.79. The zero-order valence-corrected chi connectivity index (χ0v) is 18.1. The summed E-state index contributed by atoms with van der Waals surface area (Å²) in [7, 11) is 0. The molecule has 7 N–H and O–H groups in total. The lowest BCUT2D eigenvalue weighted by atomic mass is 10.0. The first kappa shape index (κ1) is 25.9. The quantitative estimate of drug-likeness (QED) is 0.265. The van der Waals surface area contributed by atoms with E-state index in [0.717, 1.165) is 0 Å². The number of carbonyl (C=O) groups excluding carboxylic acids is 3. The average molecular weight is 437 g/mol. The molecule has 1 aromatic carbocycles. The van der Waals surface area contributed by atoms with E-state index < -0.39 is 35.9 Å². The smallest absolute Gasteiger partial charge is 0.326 e. The molecule has 0 saturated heterocycles. The van der Waals surface area contributed by atoms with Gasteiger partial charge >= 0.3 is 5.97 Å². The van der Waals surface area contributed by atoms with Crippen LogP contribution in [0.4, 0.5) is 0 Å². The van der Waals surface area contributed by atoms with Gasteiger partial charge < -0.3 is 31.9 Å². The van der Waals surface area contributed by atoms with E-state index in [-0.39, 0.29) is 37.0 Å². The molecule has 10 nitrogen and oxygen atoms in total.